The van der Waals surface area contributed by atoms with Crippen LogP contribution >= 0.6 is 34.0 Å². The summed E-state index contributed by atoms with van der Waals surface area (Å²) in [6, 6.07) is 21.1. The molecule has 3 aromatic rings. The molecule has 168 valence electrons. The van der Waals surface area contributed by atoms with Gasteiger partial charge in [0.2, 0.25) is 0 Å². The highest BCUT2D eigenvalue weighted by Crippen LogP contribution is 2.44. The average Bonchev–Trinajstić information content (AvgIpc) is 3.03. The summed E-state index contributed by atoms with van der Waals surface area (Å²) in [5, 5.41) is 0. The fraction of sp³-hybridized carbons (Fsp3) is 0.296. The number of benzene rings is 3. The van der Waals surface area contributed by atoms with E-state index >= 15 is 0 Å². The molecule has 5 heteroatoms. The monoisotopic (exact) mass is 556 g/mol. The van der Waals surface area contributed by atoms with Crippen molar-refractivity contribution in [1.82, 2.24) is 0 Å². The largest absolute Gasteiger partial charge is 0.487 e. The molecular formula is C27H30Br2N2O. The lowest BCUT2D eigenvalue weighted by molar-refractivity contribution is 0.138. The lowest BCUT2D eigenvalue weighted by Crippen LogP contribution is -2.31. The van der Waals surface area contributed by atoms with Crippen molar-refractivity contribution in [3.05, 3.63) is 82.9 Å². The average molecular weight is 558 g/mol. The Morgan fingerprint density at radius 2 is 1.53 bits per heavy atom. The fourth-order valence-electron chi connectivity index (χ4n) is 4.69. The maximum absolute atomic E-state index is 6.25. The van der Waals surface area contributed by atoms with Crippen molar-refractivity contribution < 1.29 is 4.74 Å². The van der Waals surface area contributed by atoms with E-state index in [2.05, 4.69) is 76.2 Å². The number of ether oxygens (including phenoxy) is 1. The highest BCUT2D eigenvalue weighted by molar-refractivity contribution is 8.93. The molecule has 0 aromatic heterocycles. The Hall–Kier alpha value is -2.11. The van der Waals surface area contributed by atoms with E-state index in [1.54, 1.807) is 0 Å². The van der Waals surface area contributed by atoms with Gasteiger partial charge in [-0.15, -0.1) is 34.0 Å². The van der Waals surface area contributed by atoms with Crippen LogP contribution in [0.5, 0.6) is 5.75 Å². The normalized spacial score (nSPS) is 17.1. The summed E-state index contributed by atoms with van der Waals surface area (Å²) in [5.41, 5.74) is 15.0. The van der Waals surface area contributed by atoms with Gasteiger partial charge >= 0.3 is 0 Å². The molecule has 0 unspecified atom stereocenters. The minimum atomic E-state index is -0.185. The summed E-state index contributed by atoms with van der Waals surface area (Å²) >= 11 is 0. The summed E-state index contributed by atoms with van der Waals surface area (Å²) in [5.74, 6) is 0.999. The second-order valence-corrected chi connectivity index (χ2v) is 9.75. The predicted molar refractivity (Wildman–Crippen MR) is 145 cm³/mol. The molecule has 0 saturated carbocycles. The molecule has 0 aliphatic carbocycles. The Kier molecular flexibility index (Phi) is 6.65. The molecule has 0 fully saturated rings. The topological polar surface area (TPSA) is 47.6 Å². The van der Waals surface area contributed by atoms with Crippen molar-refractivity contribution in [2.45, 2.75) is 45.1 Å². The third-order valence-corrected chi connectivity index (χ3v) is 6.24. The SMILES string of the molecule is Br.Br.CC1(C)Cc2c(ccc3c2C(c2cccc(-c4ccc(N)cc4)c2)=NCC3(C)C)O1. The van der Waals surface area contributed by atoms with Gasteiger partial charge in [0.25, 0.3) is 0 Å². The van der Waals surface area contributed by atoms with Gasteiger partial charge < -0.3 is 10.5 Å². The third-order valence-electron chi connectivity index (χ3n) is 6.24. The van der Waals surface area contributed by atoms with Crippen LogP contribution in [0.1, 0.15) is 49.9 Å². The van der Waals surface area contributed by atoms with E-state index in [9.17, 15) is 0 Å². The van der Waals surface area contributed by atoms with Crippen LogP contribution < -0.4 is 10.5 Å². The predicted octanol–water partition coefficient (Wildman–Crippen LogP) is 6.93. The van der Waals surface area contributed by atoms with Crippen LogP contribution in [0.25, 0.3) is 11.1 Å². The van der Waals surface area contributed by atoms with Crippen LogP contribution in [0.3, 0.4) is 0 Å². The number of rotatable bonds is 2. The maximum atomic E-state index is 6.25. The molecule has 2 aliphatic heterocycles. The van der Waals surface area contributed by atoms with Crippen LogP contribution in [0.15, 0.2) is 65.7 Å². The van der Waals surface area contributed by atoms with Crippen LogP contribution in [0, 0.1) is 0 Å². The first-order valence-corrected chi connectivity index (χ1v) is 10.6. The molecule has 2 heterocycles. The van der Waals surface area contributed by atoms with Crippen molar-refractivity contribution in [2.75, 3.05) is 12.3 Å². The summed E-state index contributed by atoms with van der Waals surface area (Å²) in [6.45, 7) is 9.66. The van der Waals surface area contributed by atoms with E-state index in [1.165, 1.54) is 22.3 Å². The fourth-order valence-corrected chi connectivity index (χ4v) is 4.69. The van der Waals surface area contributed by atoms with E-state index in [-0.39, 0.29) is 45.0 Å². The number of halogens is 2. The Bertz CT molecular complexity index is 1180. The smallest absolute Gasteiger partial charge is 0.124 e. The molecule has 0 radical (unpaired) electrons. The number of anilines is 1. The van der Waals surface area contributed by atoms with E-state index in [4.69, 9.17) is 15.5 Å². The molecule has 5 rings (SSSR count). The number of nitrogens with zero attached hydrogens (tertiary/aromatic N) is 1. The summed E-state index contributed by atoms with van der Waals surface area (Å²) in [4.78, 5) is 5.11. The summed E-state index contributed by atoms with van der Waals surface area (Å²) in [7, 11) is 0. The summed E-state index contributed by atoms with van der Waals surface area (Å²) < 4.78 is 6.25. The van der Waals surface area contributed by atoms with Crippen LogP contribution in [0.4, 0.5) is 5.69 Å². The second-order valence-electron chi connectivity index (χ2n) is 9.75. The summed E-state index contributed by atoms with van der Waals surface area (Å²) in [6.07, 6.45) is 0.901. The first-order valence-electron chi connectivity index (χ1n) is 10.6. The molecule has 0 spiro atoms. The van der Waals surface area contributed by atoms with Gasteiger partial charge in [0, 0.05) is 40.8 Å². The number of nitrogens with two attached hydrogens (primary N) is 1. The van der Waals surface area contributed by atoms with Crippen molar-refractivity contribution in [3.63, 3.8) is 0 Å². The van der Waals surface area contributed by atoms with Crippen LogP contribution in [-0.2, 0) is 11.8 Å². The van der Waals surface area contributed by atoms with Crippen molar-refractivity contribution >= 4 is 45.4 Å². The number of hydrogen-bond donors (Lipinski definition) is 1. The second kappa shape index (κ2) is 8.68. The van der Waals surface area contributed by atoms with Gasteiger partial charge in [-0.2, -0.15) is 0 Å². The molecule has 3 nitrogen and oxygen atoms in total. The van der Waals surface area contributed by atoms with Gasteiger partial charge in [0.15, 0.2) is 0 Å². The zero-order valence-electron chi connectivity index (χ0n) is 18.9. The molecule has 0 saturated heterocycles. The van der Waals surface area contributed by atoms with Gasteiger partial charge in [-0.1, -0.05) is 50.2 Å². The highest BCUT2D eigenvalue weighted by Gasteiger charge is 2.38. The molecule has 2 N–H and O–H groups in total. The molecule has 32 heavy (non-hydrogen) atoms. The Morgan fingerprint density at radius 1 is 0.844 bits per heavy atom. The van der Waals surface area contributed by atoms with Crippen LogP contribution in [0.2, 0.25) is 0 Å². The Morgan fingerprint density at radius 3 is 2.25 bits per heavy atom. The highest BCUT2D eigenvalue weighted by atomic mass is 79.9. The van der Waals surface area contributed by atoms with E-state index in [0.29, 0.717) is 0 Å². The van der Waals surface area contributed by atoms with Gasteiger partial charge in [-0.25, -0.2) is 0 Å². The standard InChI is InChI=1S/C27H28N2O.2BrH/c1-26(2)16-29-25(24-21-15-27(3,4)30-23(21)13-12-22(24)26)19-7-5-6-18(14-19)17-8-10-20(28)11-9-17;;/h5-14H,15-16,28H2,1-4H3;2*1H. The zero-order valence-corrected chi connectivity index (χ0v) is 22.4. The van der Waals surface area contributed by atoms with Gasteiger partial charge in [-0.05, 0) is 54.8 Å². The van der Waals surface area contributed by atoms with E-state index in [0.717, 1.165) is 41.2 Å². The van der Waals surface area contributed by atoms with E-state index in [1.807, 2.05) is 12.1 Å². The maximum Gasteiger partial charge on any atom is 0.124 e. The van der Waals surface area contributed by atoms with Crippen molar-refractivity contribution in [1.29, 1.82) is 0 Å². The molecule has 2 aliphatic rings. The van der Waals surface area contributed by atoms with E-state index < -0.39 is 0 Å². The number of fused-ring (bicyclic) bond motifs is 3. The number of hydrogen-bond acceptors (Lipinski definition) is 3. The quantitative estimate of drug-likeness (QED) is 0.347. The molecule has 0 amide bonds. The van der Waals surface area contributed by atoms with Gasteiger partial charge in [0.1, 0.15) is 11.4 Å². The minimum absolute atomic E-state index is 0. The third kappa shape index (κ3) is 4.25. The number of nitrogen functional groups attached to an aromatic ring is 1. The van der Waals surface area contributed by atoms with Crippen LogP contribution in [-0.4, -0.2) is 17.9 Å². The van der Waals surface area contributed by atoms with Crippen molar-refractivity contribution in [3.8, 4) is 16.9 Å². The molecule has 3 aromatic carbocycles. The number of aliphatic imine (C=N–C) groups is 1. The Balaban J connectivity index is 0.00000144. The van der Waals surface area contributed by atoms with Gasteiger partial charge in [0.05, 0.1) is 5.71 Å². The minimum Gasteiger partial charge on any atom is -0.487 e. The molecule has 0 atom stereocenters. The first kappa shape index (κ1) is 24.5. The Labute approximate surface area is 211 Å². The molecule has 0 bridgehead atoms. The van der Waals surface area contributed by atoms with Gasteiger partial charge in [-0.3, -0.25) is 4.99 Å². The lowest BCUT2D eigenvalue weighted by atomic mass is 9.75. The first-order chi connectivity index (χ1) is 14.2. The zero-order chi connectivity index (χ0) is 21.1. The molecular weight excluding hydrogens is 528 g/mol. The van der Waals surface area contributed by atoms with Crippen molar-refractivity contribution in [2.24, 2.45) is 4.99 Å². The lowest BCUT2D eigenvalue weighted by Gasteiger charge is -2.32.